The fourth-order valence-electron chi connectivity index (χ4n) is 3.81. The second kappa shape index (κ2) is 10.2. The number of ether oxygens (including phenoxy) is 3. The van der Waals surface area contributed by atoms with Gasteiger partial charge in [-0.15, -0.1) is 0 Å². The fraction of sp³-hybridized carbons (Fsp3) is 0.115. The molecule has 37 heavy (non-hydrogen) atoms. The first-order valence-electron chi connectivity index (χ1n) is 11.2. The Balaban J connectivity index is 1.53. The lowest BCUT2D eigenvalue weighted by atomic mass is 10.2. The van der Waals surface area contributed by atoms with Crippen molar-refractivity contribution in [1.29, 1.82) is 0 Å². The van der Waals surface area contributed by atoms with Gasteiger partial charge in [0, 0.05) is 23.4 Å². The minimum atomic E-state index is -0.304. The molecule has 5 aromatic rings. The number of fused-ring (bicyclic) bond motifs is 1. The Kier molecular flexibility index (Phi) is 6.49. The van der Waals surface area contributed by atoms with Gasteiger partial charge in [-0.1, -0.05) is 30.3 Å². The van der Waals surface area contributed by atoms with Gasteiger partial charge in [-0.3, -0.25) is 10.1 Å². The van der Waals surface area contributed by atoms with Crippen LogP contribution in [0.4, 0.5) is 17.6 Å². The Bertz CT molecular complexity index is 1550. The van der Waals surface area contributed by atoms with Crippen LogP contribution in [-0.4, -0.2) is 51.7 Å². The predicted octanol–water partition coefficient (Wildman–Crippen LogP) is 4.23. The van der Waals surface area contributed by atoms with E-state index in [9.17, 15) is 4.79 Å². The monoisotopic (exact) mass is 497 g/mol. The molecule has 0 saturated heterocycles. The molecule has 0 unspecified atom stereocenters. The van der Waals surface area contributed by atoms with E-state index in [-0.39, 0.29) is 23.8 Å². The molecule has 0 aliphatic carbocycles. The molecule has 0 aliphatic heterocycles. The lowest BCUT2D eigenvalue weighted by molar-refractivity contribution is 0.102. The van der Waals surface area contributed by atoms with Gasteiger partial charge in [0.15, 0.2) is 11.5 Å². The van der Waals surface area contributed by atoms with Crippen molar-refractivity contribution >= 4 is 34.5 Å². The van der Waals surface area contributed by atoms with Crippen LogP contribution in [0.2, 0.25) is 0 Å². The van der Waals surface area contributed by atoms with Gasteiger partial charge in [0.05, 0.1) is 32.4 Å². The number of amides is 1. The molecule has 5 rings (SSSR count). The van der Waals surface area contributed by atoms with Gasteiger partial charge in [-0.2, -0.15) is 4.98 Å². The molecule has 0 spiro atoms. The van der Waals surface area contributed by atoms with E-state index in [1.54, 1.807) is 41.0 Å². The quantitative estimate of drug-likeness (QED) is 0.324. The van der Waals surface area contributed by atoms with Gasteiger partial charge in [0.1, 0.15) is 6.33 Å². The van der Waals surface area contributed by atoms with Crippen LogP contribution in [0.15, 0.2) is 73.1 Å². The summed E-state index contributed by atoms with van der Waals surface area (Å²) in [5.74, 6) is 1.92. The zero-order valence-corrected chi connectivity index (χ0v) is 20.3. The Labute approximate surface area is 212 Å². The van der Waals surface area contributed by atoms with E-state index in [0.29, 0.717) is 34.0 Å². The van der Waals surface area contributed by atoms with Gasteiger partial charge in [-0.05, 0) is 24.3 Å². The molecule has 2 N–H and O–H groups in total. The maximum atomic E-state index is 12.9. The van der Waals surface area contributed by atoms with Crippen LogP contribution in [-0.2, 0) is 0 Å². The summed E-state index contributed by atoms with van der Waals surface area (Å²) < 4.78 is 17.9. The van der Waals surface area contributed by atoms with Crippen LogP contribution < -0.4 is 24.8 Å². The normalized spacial score (nSPS) is 10.7. The number of nitrogens with zero attached hydrogens (tertiary/aromatic N) is 5. The summed E-state index contributed by atoms with van der Waals surface area (Å²) in [6.07, 6.45) is 1.38. The van der Waals surface area contributed by atoms with Crippen molar-refractivity contribution in [2.75, 3.05) is 32.0 Å². The standard InChI is InChI=1S/C26H23N7O4/c1-35-20-13-17(14-21(36-2)22(20)37-3)29-24-27-15-28-25(32-24)33-19-12-8-7-11-18(19)30-26(33)31-23(34)16-9-5-4-6-10-16/h4-15H,1-3H3,(H,30,31,34)(H,27,28,29,32). The van der Waals surface area contributed by atoms with Crippen molar-refractivity contribution in [1.82, 2.24) is 24.5 Å². The lowest BCUT2D eigenvalue weighted by Gasteiger charge is -2.15. The van der Waals surface area contributed by atoms with E-state index in [4.69, 9.17) is 14.2 Å². The number of hydrogen-bond acceptors (Lipinski definition) is 9. The molecule has 0 bridgehead atoms. The first-order chi connectivity index (χ1) is 18.1. The third-order valence-corrected chi connectivity index (χ3v) is 5.50. The molecule has 0 aliphatic rings. The molecule has 11 heteroatoms. The minimum absolute atomic E-state index is 0.261. The molecule has 0 fully saturated rings. The molecule has 186 valence electrons. The summed E-state index contributed by atoms with van der Waals surface area (Å²) in [5.41, 5.74) is 2.50. The second-order valence-corrected chi connectivity index (χ2v) is 7.73. The molecule has 11 nitrogen and oxygen atoms in total. The number of carbonyl (C=O) groups excluding carboxylic acids is 1. The second-order valence-electron chi connectivity index (χ2n) is 7.73. The van der Waals surface area contributed by atoms with Gasteiger partial charge in [0.2, 0.25) is 23.6 Å². The fourth-order valence-corrected chi connectivity index (χ4v) is 3.81. The van der Waals surface area contributed by atoms with E-state index >= 15 is 0 Å². The highest BCUT2D eigenvalue weighted by atomic mass is 16.5. The zero-order valence-electron chi connectivity index (χ0n) is 20.3. The predicted molar refractivity (Wildman–Crippen MR) is 138 cm³/mol. The van der Waals surface area contributed by atoms with Gasteiger partial charge in [0.25, 0.3) is 5.91 Å². The number of rotatable bonds is 8. The number of carbonyl (C=O) groups is 1. The Hall–Kier alpha value is -5.19. The molecule has 2 heterocycles. The van der Waals surface area contributed by atoms with Gasteiger partial charge >= 0.3 is 0 Å². The van der Waals surface area contributed by atoms with Crippen LogP contribution >= 0.6 is 0 Å². The number of para-hydroxylation sites is 2. The number of nitrogens with one attached hydrogen (secondary N) is 2. The molecule has 0 atom stereocenters. The lowest BCUT2D eigenvalue weighted by Crippen LogP contribution is -2.16. The Morgan fingerprint density at radius 3 is 2.24 bits per heavy atom. The Morgan fingerprint density at radius 2 is 1.54 bits per heavy atom. The topological polar surface area (TPSA) is 125 Å². The zero-order chi connectivity index (χ0) is 25.8. The summed E-state index contributed by atoms with van der Waals surface area (Å²) in [7, 11) is 4.62. The van der Waals surface area contributed by atoms with Crippen LogP contribution in [0.3, 0.4) is 0 Å². The SMILES string of the molecule is COc1cc(Nc2ncnc(-n3c(NC(=O)c4ccccc4)nc4ccccc43)n2)cc(OC)c1OC. The van der Waals surface area contributed by atoms with Crippen molar-refractivity contribution in [3.63, 3.8) is 0 Å². The van der Waals surface area contributed by atoms with E-state index in [0.717, 1.165) is 5.52 Å². The van der Waals surface area contributed by atoms with Crippen LogP contribution in [0.5, 0.6) is 17.2 Å². The third kappa shape index (κ3) is 4.69. The van der Waals surface area contributed by atoms with Crippen molar-refractivity contribution in [3.8, 4) is 23.2 Å². The summed E-state index contributed by atoms with van der Waals surface area (Å²) in [6.45, 7) is 0. The highest BCUT2D eigenvalue weighted by Crippen LogP contribution is 2.40. The smallest absolute Gasteiger partial charge is 0.257 e. The average molecular weight is 498 g/mol. The van der Waals surface area contributed by atoms with Crippen molar-refractivity contribution in [2.24, 2.45) is 0 Å². The molecule has 3 aromatic carbocycles. The van der Waals surface area contributed by atoms with E-state index in [2.05, 4.69) is 30.6 Å². The largest absolute Gasteiger partial charge is 0.493 e. The van der Waals surface area contributed by atoms with E-state index in [1.807, 2.05) is 30.3 Å². The maximum absolute atomic E-state index is 12.9. The molecule has 0 saturated carbocycles. The number of hydrogen-bond donors (Lipinski definition) is 2. The number of benzene rings is 3. The highest BCUT2D eigenvalue weighted by Gasteiger charge is 2.19. The molecule has 1 amide bonds. The first kappa shape index (κ1) is 23.5. The molecule has 0 radical (unpaired) electrons. The molecular formula is C26H23N7O4. The first-order valence-corrected chi connectivity index (χ1v) is 11.2. The average Bonchev–Trinajstić information content (AvgIpc) is 3.30. The van der Waals surface area contributed by atoms with Gasteiger partial charge < -0.3 is 19.5 Å². The van der Waals surface area contributed by atoms with E-state index < -0.39 is 0 Å². The summed E-state index contributed by atoms with van der Waals surface area (Å²) in [4.78, 5) is 30.7. The summed E-state index contributed by atoms with van der Waals surface area (Å²) >= 11 is 0. The summed E-state index contributed by atoms with van der Waals surface area (Å²) in [6, 6.07) is 19.8. The van der Waals surface area contributed by atoms with Crippen LogP contribution in [0, 0.1) is 0 Å². The Morgan fingerprint density at radius 1 is 0.838 bits per heavy atom. The number of anilines is 3. The number of aromatic nitrogens is 5. The minimum Gasteiger partial charge on any atom is -0.493 e. The van der Waals surface area contributed by atoms with Crippen LogP contribution in [0.25, 0.3) is 17.0 Å². The van der Waals surface area contributed by atoms with Crippen molar-refractivity contribution < 1.29 is 19.0 Å². The summed E-state index contributed by atoms with van der Waals surface area (Å²) in [5, 5.41) is 6.01. The van der Waals surface area contributed by atoms with Gasteiger partial charge in [-0.25, -0.2) is 19.5 Å². The van der Waals surface area contributed by atoms with Crippen molar-refractivity contribution in [3.05, 3.63) is 78.6 Å². The number of methoxy groups -OCH3 is 3. The van der Waals surface area contributed by atoms with E-state index in [1.165, 1.54) is 27.7 Å². The molecular weight excluding hydrogens is 474 g/mol. The van der Waals surface area contributed by atoms with Crippen LogP contribution in [0.1, 0.15) is 10.4 Å². The van der Waals surface area contributed by atoms with Crippen molar-refractivity contribution in [2.45, 2.75) is 0 Å². The third-order valence-electron chi connectivity index (χ3n) is 5.50. The highest BCUT2D eigenvalue weighted by molar-refractivity contribution is 6.04. The maximum Gasteiger partial charge on any atom is 0.257 e. The number of imidazole rings is 1. The molecule has 2 aromatic heterocycles.